The maximum absolute atomic E-state index is 6.20. The van der Waals surface area contributed by atoms with Crippen molar-refractivity contribution in [1.29, 1.82) is 0 Å². The number of nitrogens with zero attached hydrogens (tertiary/aromatic N) is 4. The fourth-order valence-electron chi connectivity index (χ4n) is 4.29. The van der Waals surface area contributed by atoms with Crippen molar-refractivity contribution in [2.45, 2.75) is 70.4 Å². The van der Waals surface area contributed by atoms with Crippen LogP contribution < -0.4 is 5.32 Å². The van der Waals surface area contributed by atoms with Crippen LogP contribution in [0.5, 0.6) is 0 Å². The summed E-state index contributed by atoms with van der Waals surface area (Å²) in [4.78, 5) is 9.09. The fraction of sp³-hybridized carbons (Fsp3) is 0.632. The molecule has 0 radical (unpaired) electrons. The van der Waals surface area contributed by atoms with Gasteiger partial charge in [-0.15, -0.1) is 0 Å². The molecule has 1 aliphatic heterocycles. The number of nitrogens with one attached hydrogen (secondary N) is 1. The molecule has 6 heteroatoms. The van der Waals surface area contributed by atoms with Crippen LogP contribution in [-0.2, 0) is 4.74 Å². The number of hydrogen-bond donors (Lipinski definition) is 1. The maximum atomic E-state index is 6.20. The van der Waals surface area contributed by atoms with E-state index in [0.717, 1.165) is 42.5 Å². The van der Waals surface area contributed by atoms with Crippen molar-refractivity contribution in [3.63, 3.8) is 0 Å². The highest BCUT2D eigenvalue weighted by molar-refractivity contribution is 5.37. The highest BCUT2D eigenvalue weighted by atomic mass is 16.5. The van der Waals surface area contributed by atoms with Crippen LogP contribution in [-0.4, -0.2) is 38.0 Å². The minimum atomic E-state index is 0.0922. The van der Waals surface area contributed by atoms with Crippen molar-refractivity contribution in [2.75, 3.05) is 11.9 Å². The molecule has 2 aromatic heterocycles. The van der Waals surface area contributed by atoms with Crippen LogP contribution in [0, 0.1) is 13.8 Å². The van der Waals surface area contributed by atoms with Gasteiger partial charge in [0, 0.05) is 18.3 Å². The molecule has 6 nitrogen and oxygen atoms in total. The van der Waals surface area contributed by atoms with Gasteiger partial charge in [0.25, 0.3) is 0 Å². The van der Waals surface area contributed by atoms with Crippen LogP contribution in [0.2, 0.25) is 0 Å². The van der Waals surface area contributed by atoms with Crippen molar-refractivity contribution in [3.8, 4) is 5.82 Å². The van der Waals surface area contributed by atoms with Crippen molar-refractivity contribution >= 4 is 5.82 Å². The summed E-state index contributed by atoms with van der Waals surface area (Å²) in [7, 11) is 0. The van der Waals surface area contributed by atoms with E-state index in [1.807, 2.05) is 24.6 Å². The average molecular weight is 341 g/mol. The zero-order chi connectivity index (χ0) is 17.3. The zero-order valence-electron chi connectivity index (χ0n) is 15.2. The second-order valence-electron chi connectivity index (χ2n) is 7.53. The summed E-state index contributed by atoms with van der Waals surface area (Å²) in [6.07, 6.45) is 12.0. The van der Waals surface area contributed by atoms with Gasteiger partial charge in [0.2, 0.25) is 0 Å². The molecule has 1 saturated heterocycles. The molecule has 134 valence electrons. The largest absolute Gasteiger partial charge is 0.375 e. The molecule has 1 saturated carbocycles. The highest BCUT2D eigenvalue weighted by Crippen LogP contribution is 2.39. The molecule has 1 N–H and O–H groups in total. The van der Waals surface area contributed by atoms with Gasteiger partial charge in [-0.25, -0.2) is 9.67 Å². The van der Waals surface area contributed by atoms with E-state index in [9.17, 15) is 0 Å². The summed E-state index contributed by atoms with van der Waals surface area (Å²) in [5.41, 5.74) is 2.15. The molecule has 0 aromatic carbocycles. The summed E-state index contributed by atoms with van der Waals surface area (Å²) in [5.74, 6) is 1.58. The molecule has 25 heavy (non-hydrogen) atoms. The van der Waals surface area contributed by atoms with E-state index in [1.54, 1.807) is 12.4 Å². The van der Waals surface area contributed by atoms with Crippen LogP contribution in [0.15, 0.2) is 18.5 Å². The summed E-state index contributed by atoms with van der Waals surface area (Å²) in [5, 5.41) is 8.10. The van der Waals surface area contributed by atoms with Crippen molar-refractivity contribution in [3.05, 3.63) is 29.8 Å². The third-order valence-corrected chi connectivity index (χ3v) is 5.46. The van der Waals surface area contributed by atoms with Gasteiger partial charge in [-0.2, -0.15) is 5.10 Å². The Kier molecular flexibility index (Phi) is 4.46. The quantitative estimate of drug-likeness (QED) is 0.924. The van der Waals surface area contributed by atoms with Gasteiger partial charge < -0.3 is 10.1 Å². The van der Waals surface area contributed by atoms with Gasteiger partial charge >= 0.3 is 0 Å². The Labute approximate surface area is 149 Å². The minimum absolute atomic E-state index is 0.0922. The lowest BCUT2D eigenvalue weighted by molar-refractivity contribution is -0.103. The van der Waals surface area contributed by atoms with Gasteiger partial charge in [0.15, 0.2) is 5.82 Å². The van der Waals surface area contributed by atoms with E-state index in [2.05, 4.69) is 15.4 Å². The number of ether oxygens (including phenoxy) is 1. The fourth-order valence-corrected chi connectivity index (χ4v) is 4.29. The van der Waals surface area contributed by atoms with Crippen LogP contribution >= 0.6 is 0 Å². The summed E-state index contributed by atoms with van der Waals surface area (Å²) in [6.45, 7) is 4.86. The number of aryl methyl sites for hydroxylation is 2. The Hall–Kier alpha value is -1.95. The van der Waals surface area contributed by atoms with Gasteiger partial charge in [-0.3, -0.25) is 4.98 Å². The molecular weight excluding hydrogens is 314 g/mol. The first-order valence-electron chi connectivity index (χ1n) is 9.40. The lowest BCUT2D eigenvalue weighted by Crippen LogP contribution is -2.45. The normalized spacial score (nSPS) is 22.9. The second kappa shape index (κ2) is 6.75. The van der Waals surface area contributed by atoms with E-state index >= 15 is 0 Å². The van der Waals surface area contributed by atoms with Gasteiger partial charge in [-0.05, 0) is 45.6 Å². The molecule has 1 aliphatic carbocycles. The lowest BCUT2D eigenvalue weighted by Gasteiger charge is -2.43. The van der Waals surface area contributed by atoms with Crippen LogP contribution in [0.25, 0.3) is 5.82 Å². The van der Waals surface area contributed by atoms with Gasteiger partial charge in [0.1, 0.15) is 5.82 Å². The summed E-state index contributed by atoms with van der Waals surface area (Å²) >= 11 is 0. The first-order chi connectivity index (χ1) is 12.1. The van der Waals surface area contributed by atoms with Crippen molar-refractivity contribution in [1.82, 2.24) is 19.7 Å². The Bertz CT molecular complexity index is 730. The maximum Gasteiger partial charge on any atom is 0.174 e. The molecule has 2 aliphatic rings. The van der Waals surface area contributed by atoms with Crippen LogP contribution in [0.1, 0.15) is 56.3 Å². The molecular formula is C19H27N5O. The Balaban J connectivity index is 1.49. The van der Waals surface area contributed by atoms with E-state index in [-0.39, 0.29) is 5.60 Å². The molecule has 0 bridgehead atoms. The standard InChI is InChI=1S/C19H27N5O/c1-14-10-15(2)24(23-14)18-13-20-12-17(22-18)21-16-6-9-25-19(11-16)7-4-3-5-8-19/h10,12-13,16H,3-9,11H2,1-2H3,(H,21,22). The molecule has 3 heterocycles. The van der Waals surface area contributed by atoms with Crippen molar-refractivity contribution < 1.29 is 4.74 Å². The van der Waals surface area contributed by atoms with Crippen molar-refractivity contribution in [2.24, 2.45) is 0 Å². The lowest BCUT2D eigenvalue weighted by atomic mass is 9.78. The molecule has 1 spiro atoms. The monoisotopic (exact) mass is 341 g/mol. The van der Waals surface area contributed by atoms with Crippen LogP contribution in [0.4, 0.5) is 5.82 Å². The molecule has 1 unspecified atom stereocenters. The number of hydrogen-bond acceptors (Lipinski definition) is 5. The molecule has 2 fully saturated rings. The zero-order valence-corrected chi connectivity index (χ0v) is 15.2. The SMILES string of the molecule is Cc1cc(C)n(-c2cncc(NC3CCOC4(CCCCC4)C3)n2)n1. The smallest absolute Gasteiger partial charge is 0.174 e. The van der Waals surface area contributed by atoms with E-state index < -0.39 is 0 Å². The predicted octanol–water partition coefficient (Wildman–Crippen LogP) is 3.57. The van der Waals surface area contributed by atoms with E-state index in [4.69, 9.17) is 9.72 Å². The average Bonchev–Trinajstić information content (AvgIpc) is 2.94. The van der Waals surface area contributed by atoms with E-state index in [1.165, 1.54) is 32.1 Å². The third kappa shape index (κ3) is 3.54. The summed E-state index contributed by atoms with van der Waals surface area (Å²) in [6, 6.07) is 2.45. The first kappa shape index (κ1) is 16.5. The number of rotatable bonds is 3. The Morgan fingerprint density at radius 1 is 1.20 bits per heavy atom. The molecule has 2 aromatic rings. The van der Waals surface area contributed by atoms with Gasteiger partial charge in [-0.1, -0.05) is 19.3 Å². The Morgan fingerprint density at radius 2 is 2.04 bits per heavy atom. The number of anilines is 1. The summed E-state index contributed by atoms with van der Waals surface area (Å²) < 4.78 is 8.04. The van der Waals surface area contributed by atoms with Gasteiger partial charge in [0.05, 0.1) is 23.7 Å². The second-order valence-corrected chi connectivity index (χ2v) is 7.53. The van der Waals surface area contributed by atoms with Crippen LogP contribution in [0.3, 0.4) is 0 Å². The molecule has 4 rings (SSSR count). The minimum Gasteiger partial charge on any atom is -0.375 e. The van der Waals surface area contributed by atoms with E-state index in [0.29, 0.717) is 6.04 Å². The molecule has 1 atom stereocenters. The highest BCUT2D eigenvalue weighted by Gasteiger charge is 2.38. The Morgan fingerprint density at radius 3 is 2.80 bits per heavy atom. The molecule has 0 amide bonds. The number of aromatic nitrogens is 4. The third-order valence-electron chi connectivity index (χ3n) is 5.46. The topological polar surface area (TPSA) is 64.9 Å². The predicted molar refractivity (Wildman–Crippen MR) is 97.0 cm³/mol. The first-order valence-corrected chi connectivity index (χ1v) is 9.40.